The van der Waals surface area contributed by atoms with Gasteiger partial charge in [-0.1, -0.05) is 18.5 Å². The molecule has 1 aliphatic rings. The third kappa shape index (κ3) is 4.73. The van der Waals surface area contributed by atoms with Crippen molar-refractivity contribution in [3.05, 3.63) is 23.2 Å². The Morgan fingerprint density at radius 1 is 1.35 bits per heavy atom. The van der Waals surface area contributed by atoms with E-state index in [2.05, 4.69) is 5.32 Å². The summed E-state index contributed by atoms with van der Waals surface area (Å²) < 4.78 is 33.1. The summed E-state index contributed by atoms with van der Waals surface area (Å²) in [6.45, 7) is 4.17. The average molecular weight is 383 g/mol. The topological polar surface area (TPSA) is 58.6 Å². The van der Waals surface area contributed by atoms with E-state index in [1.807, 2.05) is 6.92 Å². The van der Waals surface area contributed by atoms with Gasteiger partial charge in [-0.25, -0.2) is 8.42 Å². The number of nitrogens with one attached hydrogen (secondary N) is 1. The van der Waals surface area contributed by atoms with Gasteiger partial charge in [0.25, 0.3) is 0 Å². The van der Waals surface area contributed by atoms with Gasteiger partial charge in [-0.3, -0.25) is 0 Å². The van der Waals surface area contributed by atoms with Gasteiger partial charge >= 0.3 is 0 Å². The van der Waals surface area contributed by atoms with Crippen molar-refractivity contribution in [2.75, 3.05) is 26.7 Å². The van der Waals surface area contributed by atoms with Crippen molar-refractivity contribution in [2.24, 2.45) is 0 Å². The van der Waals surface area contributed by atoms with Gasteiger partial charge in [-0.2, -0.15) is 4.31 Å². The molecule has 0 atom stereocenters. The molecule has 132 valence electrons. The molecule has 1 N–H and O–H groups in total. The van der Waals surface area contributed by atoms with Crippen LogP contribution in [0.15, 0.2) is 23.1 Å². The molecule has 0 spiro atoms. The standard InChI is InChI=1S/C15H23ClN2O3S.ClH/c1-3-10-18(13-6-8-17-9-7-13)22(19,20)15-11-12(16)4-5-14(15)21-2;/h4-5,11,13,17H,3,6-10H2,1-2H3;1H. The lowest BCUT2D eigenvalue weighted by Crippen LogP contribution is -2.46. The Labute approximate surface area is 149 Å². The van der Waals surface area contributed by atoms with Gasteiger partial charge < -0.3 is 10.1 Å². The van der Waals surface area contributed by atoms with Crippen molar-refractivity contribution in [3.8, 4) is 5.75 Å². The fraction of sp³-hybridized carbons (Fsp3) is 0.600. The lowest BCUT2D eigenvalue weighted by molar-refractivity contribution is 0.261. The minimum Gasteiger partial charge on any atom is -0.495 e. The highest BCUT2D eigenvalue weighted by Crippen LogP contribution is 2.31. The summed E-state index contributed by atoms with van der Waals surface area (Å²) in [7, 11) is -2.16. The maximum atomic E-state index is 13.1. The molecule has 1 aromatic rings. The molecule has 0 saturated carbocycles. The molecule has 0 radical (unpaired) electrons. The molecule has 0 aromatic heterocycles. The molecule has 1 aromatic carbocycles. The number of piperidine rings is 1. The molecule has 23 heavy (non-hydrogen) atoms. The zero-order valence-electron chi connectivity index (χ0n) is 13.4. The third-order valence-corrected chi connectivity index (χ3v) is 6.08. The van der Waals surface area contributed by atoms with Crippen LogP contribution in [-0.2, 0) is 10.0 Å². The minimum atomic E-state index is -3.63. The zero-order valence-corrected chi connectivity index (χ0v) is 15.8. The van der Waals surface area contributed by atoms with E-state index in [4.69, 9.17) is 16.3 Å². The Hall–Kier alpha value is -0.530. The summed E-state index contributed by atoms with van der Waals surface area (Å²) >= 11 is 6.00. The Balaban J connectivity index is 0.00000264. The summed E-state index contributed by atoms with van der Waals surface area (Å²) in [4.78, 5) is 0.148. The first-order chi connectivity index (χ1) is 10.5. The molecule has 1 heterocycles. The summed E-state index contributed by atoms with van der Waals surface area (Å²) in [5.74, 6) is 0.333. The summed E-state index contributed by atoms with van der Waals surface area (Å²) in [5, 5.41) is 3.66. The second-order valence-electron chi connectivity index (χ2n) is 5.39. The van der Waals surface area contributed by atoms with Gasteiger partial charge in [0.1, 0.15) is 10.6 Å². The van der Waals surface area contributed by atoms with E-state index in [9.17, 15) is 8.42 Å². The zero-order chi connectivity index (χ0) is 16.2. The van der Waals surface area contributed by atoms with E-state index >= 15 is 0 Å². The second kappa shape index (κ2) is 9.08. The van der Waals surface area contributed by atoms with Crippen LogP contribution in [0.5, 0.6) is 5.75 Å². The van der Waals surface area contributed by atoms with E-state index in [0.29, 0.717) is 17.3 Å². The predicted octanol–water partition coefficient (Wildman–Crippen LogP) is 2.92. The van der Waals surface area contributed by atoms with Crippen LogP contribution in [0.3, 0.4) is 0 Å². The van der Waals surface area contributed by atoms with Crippen molar-refractivity contribution in [2.45, 2.75) is 37.1 Å². The molecule has 1 aliphatic heterocycles. The smallest absolute Gasteiger partial charge is 0.247 e. The van der Waals surface area contributed by atoms with Crippen molar-refractivity contribution >= 4 is 34.0 Å². The number of ether oxygens (including phenoxy) is 1. The maximum Gasteiger partial charge on any atom is 0.247 e. The molecule has 1 fully saturated rings. The highest BCUT2D eigenvalue weighted by molar-refractivity contribution is 7.89. The summed E-state index contributed by atoms with van der Waals surface area (Å²) in [6.07, 6.45) is 2.41. The first-order valence-corrected chi connectivity index (χ1v) is 9.38. The predicted molar refractivity (Wildman–Crippen MR) is 95.3 cm³/mol. The number of nitrogens with zero attached hydrogens (tertiary/aromatic N) is 1. The molecule has 0 bridgehead atoms. The van der Waals surface area contributed by atoms with Gasteiger partial charge in [0, 0.05) is 17.6 Å². The van der Waals surface area contributed by atoms with Crippen LogP contribution in [0, 0.1) is 0 Å². The number of methoxy groups -OCH3 is 1. The SMILES string of the molecule is CCCN(C1CCNCC1)S(=O)(=O)c1cc(Cl)ccc1OC.Cl. The molecule has 1 saturated heterocycles. The summed E-state index contributed by atoms with van der Waals surface area (Å²) in [6, 6.07) is 4.73. The Morgan fingerprint density at radius 2 is 2.00 bits per heavy atom. The Morgan fingerprint density at radius 3 is 2.57 bits per heavy atom. The highest BCUT2D eigenvalue weighted by Gasteiger charge is 2.33. The van der Waals surface area contributed by atoms with Crippen molar-refractivity contribution in [3.63, 3.8) is 0 Å². The first-order valence-electron chi connectivity index (χ1n) is 7.56. The van der Waals surface area contributed by atoms with Crippen LogP contribution in [0.4, 0.5) is 0 Å². The fourth-order valence-electron chi connectivity index (χ4n) is 2.79. The van der Waals surface area contributed by atoms with Gasteiger partial charge in [0.2, 0.25) is 10.0 Å². The quantitative estimate of drug-likeness (QED) is 0.821. The second-order valence-corrected chi connectivity index (χ2v) is 7.69. The first kappa shape index (κ1) is 20.5. The van der Waals surface area contributed by atoms with E-state index in [0.717, 1.165) is 32.4 Å². The van der Waals surface area contributed by atoms with Crippen molar-refractivity contribution in [1.82, 2.24) is 9.62 Å². The molecule has 0 unspecified atom stereocenters. The largest absolute Gasteiger partial charge is 0.495 e. The third-order valence-electron chi connectivity index (χ3n) is 3.87. The molecular formula is C15H24Cl2N2O3S. The Kier molecular flexibility index (Phi) is 8.10. The highest BCUT2D eigenvalue weighted by atomic mass is 35.5. The van der Waals surface area contributed by atoms with Crippen LogP contribution in [0.2, 0.25) is 5.02 Å². The molecule has 8 heteroatoms. The summed E-state index contributed by atoms with van der Waals surface area (Å²) in [5.41, 5.74) is 0. The van der Waals surface area contributed by atoms with Crippen molar-refractivity contribution in [1.29, 1.82) is 0 Å². The molecule has 0 aliphatic carbocycles. The molecule has 0 amide bonds. The molecular weight excluding hydrogens is 359 g/mol. The van der Waals surface area contributed by atoms with Crippen LogP contribution in [0.1, 0.15) is 26.2 Å². The van der Waals surface area contributed by atoms with E-state index in [-0.39, 0.29) is 23.3 Å². The lowest BCUT2D eigenvalue weighted by atomic mass is 10.1. The molecule has 2 rings (SSSR count). The Bertz CT molecular complexity index is 605. The van der Waals surface area contributed by atoms with E-state index in [1.54, 1.807) is 16.4 Å². The molecule has 5 nitrogen and oxygen atoms in total. The van der Waals surface area contributed by atoms with Gasteiger partial charge in [-0.05, 0) is 50.6 Å². The number of sulfonamides is 1. The van der Waals surface area contributed by atoms with Crippen LogP contribution < -0.4 is 10.1 Å². The number of rotatable bonds is 6. The number of hydrogen-bond donors (Lipinski definition) is 1. The van der Waals surface area contributed by atoms with E-state index in [1.165, 1.54) is 13.2 Å². The minimum absolute atomic E-state index is 0. The van der Waals surface area contributed by atoms with Crippen LogP contribution >= 0.6 is 24.0 Å². The van der Waals surface area contributed by atoms with Crippen molar-refractivity contribution < 1.29 is 13.2 Å². The lowest BCUT2D eigenvalue weighted by Gasteiger charge is -2.33. The number of halogens is 2. The van der Waals surface area contributed by atoms with Crippen LogP contribution in [-0.4, -0.2) is 45.5 Å². The number of hydrogen-bond acceptors (Lipinski definition) is 4. The van der Waals surface area contributed by atoms with Crippen LogP contribution in [0.25, 0.3) is 0 Å². The fourth-order valence-corrected chi connectivity index (χ4v) is 4.99. The van der Waals surface area contributed by atoms with Gasteiger partial charge in [0.15, 0.2) is 0 Å². The normalized spacial score (nSPS) is 16.2. The van der Waals surface area contributed by atoms with E-state index < -0.39 is 10.0 Å². The number of benzene rings is 1. The van der Waals surface area contributed by atoms with Gasteiger partial charge in [0.05, 0.1) is 7.11 Å². The monoisotopic (exact) mass is 382 g/mol. The average Bonchev–Trinajstić information content (AvgIpc) is 2.53. The maximum absolute atomic E-state index is 13.1. The van der Waals surface area contributed by atoms with Gasteiger partial charge in [-0.15, -0.1) is 12.4 Å².